The molecule has 1 rings (SSSR count). The van der Waals surface area contributed by atoms with E-state index < -0.39 is 5.97 Å². The second-order valence-electron chi connectivity index (χ2n) is 7.14. The van der Waals surface area contributed by atoms with E-state index in [1.807, 2.05) is 0 Å². The summed E-state index contributed by atoms with van der Waals surface area (Å²) in [5.74, 6) is -0.518. The molecule has 0 bridgehead atoms. The molecule has 0 saturated carbocycles. The van der Waals surface area contributed by atoms with Crippen molar-refractivity contribution in [3.63, 3.8) is 0 Å². The van der Waals surface area contributed by atoms with Gasteiger partial charge in [-0.25, -0.2) is 0 Å². The summed E-state index contributed by atoms with van der Waals surface area (Å²) < 4.78 is 5.24. The number of unbranched alkanes of at least 4 members (excludes halogenated alkanes) is 7. The minimum Gasteiger partial charge on any atom is -1.00 e. The minimum absolute atomic E-state index is 0. The van der Waals surface area contributed by atoms with E-state index in [0.29, 0.717) is 13.0 Å². The molecule has 1 unspecified atom stereocenters. The van der Waals surface area contributed by atoms with Gasteiger partial charge >= 0.3 is 5.97 Å². The SMILES string of the molecule is CC([NH3+])C(=O)NCCCCCCCCCCC(=O)Oc1c(Cl)c(Cl)c(Cl)c(Cl)c1Cl.[Br-]. The first kappa shape index (κ1) is 31.0. The van der Waals surface area contributed by atoms with Gasteiger partial charge in [0.1, 0.15) is 10.0 Å². The largest absolute Gasteiger partial charge is 1.00 e. The molecule has 0 aromatic heterocycles. The number of halogens is 6. The van der Waals surface area contributed by atoms with Gasteiger partial charge < -0.3 is 32.8 Å². The summed E-state index contributed by atoms with van der Waals surface area (Å²) in [4.78, 5) is 23.4. The maximum absolute atomic E-state index is 12.1. The molecule has 11 heteroatoms. The Hall–Kier alpha value is 0.0500. The molecule has 1 aromatic carbocycles. The Morgan fingerprint density at radius 3 is 1.71 bits per heavy atom. The first-order valence-electron chi connectivity index (χ1n) is 9.99. The predicted molar refractivity (Wildman–Crippen MR) is 124 cm³/mol. The second kappa shape index (κ2) is 16.6. The lowest BCUT2D eigenvalue weighted by Crippen LogP contribution is -3.00. The number of ether oxygens (including phenoxy) is 1. The number of benzene rings is 1. The summed E-state index contributed by atoms with van der Waals surface area (Å²) in [5.41, 5.74) is 3.68. The van der Waals surface area contributed by atoms with Crippen molar-refractivity contribution in [2.75, 3.05) is 6.54 Å². The first-order valence-corrected chi connectivity index (χ1v) is 11.9. The Bertz CT molecular complexity index is 706. The zero-order chi connectivity index (χ0) is 22.7. The highest BCUT2D eigenvalue weighted by molar-refractivity contribution is 6.55. The van der Waals surface area contributed by atoms with Crippen LogP contribution in [0.4, 0.5) is 0 Å². The van der Waals surface area contributed by atoms with Crippen LogP contribution in [0.2, 0.25) is 25.1 Å². The highest BCUT2D eigenvalue weighted by Crippen LogP contribution is 2.48. The van der Waals surface area contributed by atoms with Crippen molar-refractivity contribution >= 4 is 69.9 Å². The Morgan fingerprint density at radius 2 is 1.23 bits per heavy atom. The fourth-order valence-corrected chi connectivity index (χ4v) is 3.88. The quantitative estimate of drug-likeness (QED) is 0.120. The smallest absolute Gasteiger partial charge is 0.311 e. The number of hydrogen-bond donors (Lipinski definition) is 2. The lowest BCUT2D eigenvalue weighted by Gasteiger charge is -2.12. The van der Waals surface area contributed by atoms with E-state index in [4.69, 9.17) is 62.7 Å². The Morgan fingerprint density at radius 1 is 0.806 bits per heavy atom. The topological polar surface area (TPSA) is 83.0 Å². The number of hydrogen-bond acceptors (Lipinski definition) is 3. The van der Waals surface area contributed by atoms with Crippen LogP contribution in [0, 0.1) is 0 Å². The fraction of sp³-hybridized carbons (Fsp3) is 0.600. The number of quaternary nitrogens is 1. The first-order chi connectivity index (χ1) is 14.2. The van der Waals surface area contributed by atoms with Crippen molar-refractivity contribution in [1.29, 1.82) is 0 Å². The van der Waals surface area contributed by atoms with E-state index >= 15 is 0 Å². The maximum Gasteiger partial charge on any atom is 0.311 e. The van der Waals surface area contributed by atoms with E-state index in [-0.39, 0.29) is 66.2 Å². The van der Waals surface area contributed by atoms with Crippen molar-refractivity contribution in [2.24, 2.45) is 0 Å². The van der Waals surface area contributed by atoms with Crippen molar-refractivity contribution in [2.45, 2.75) is 70.8 Å². The van der Waals surface area contributed by atoms with Crippen LogP contribution in [0.1, 0.15) is 64.7 Å². The molecular formula is C20H28BrCl5N2O3. The van der Waals surface area contributed by atoms with Crippen molar-refractivity contribution in [1.82, 2.24) is 5.32 Å². The molecule has 31 heavy (non-hydrogen) atoms. The molecule has 0 radical (unpaired) electrons. The van der Waals surface area contributed by atoms with E-state index in [1.54, 1.807) is 6.92 Å². The van der Waals surface area contributed by atoms with Crippen molar-refractivity contribution in [3.05, 3.63) is 25.1 Å². The Kier molecular flexibility index (Phi) is 16.7. The molecule has 0 aliphatic heterocycles. The van der Waals surface area contributed by atoms with Gasteiger partial charge in [-0.3, -0.25) is 9.59 Å². The summed E-state index contributed by atoms with van der Waals surface area (Å²) in [6.45, 7) is 2.49. The van der Waals surface area contributed by atoms with Gasteiger partial charge in [0.05, 0.1) is 15.1 Å². The van der Waals surface area contributed by atoms with Gasteiger partial charge in [0, 0.05) is 13.0 Å². The van der Waals surface area contributed by atoms with Gasteiger partial charge in [0.25, 0.3) is 5.91 Å². The maximum atomic E-state index is 12.1. The van der Waals surface area contributed by atoms with Crippen molar-refractivity contribution in [3.8, 4) is 5.75 Å². The van der Waals surface area contributed by atoms with E-state index in [2.05, 4.69) is 11.1 Å². The van der Waals surface area contributed by atoms with E-state index in [0.717, 1.165) is 44.9 Å². The number of nitrogens with one attached hydrogen (secondary N) is 1. The minimum atomic E-state index is -0.452. The molecule has 0 saturated heterocycles. The summed E-state index contributed by atoms with van der Waals surface area (Å²) >= 11 is 29.9. The number of amides is 1. The molecular weight excluding hydrogens is 573 g/mol. The summed E-state index contributed by atoms with van der Waals surface area (Å²) in [7, 11) is 0. The van der Waals surface area contributed by atoms with Gasteiger partial charge in [-0.15, -0.1) is 0 Å². The lowest BCUT2D eigenvalue weighted by atomic mass is 10.1. The highest BCUT2D eigenvalue weighted by atomic mass is 79.9. The van der Waals surface area contributed by atoms with Crippen LogP contribution in [0.15, 0.2) is 0 Å². The van der Waals surface area contributed by atoms with Crippen LogP contribution in [-0.4, -0.2) is 24.5 Å². The van der Waals surface area contributed by atoms with Gasteiger partial charge in [-0.1, -0.05) is 96.5 Å². The number of esters is 1. The standard InChI is InChI=1S/C20H27Cl5N2O3.BrH/c1-12(26)20(29)27-11-9-7-5-3-2-4-6-8-10-13(28)30-19-17(24)15(22)14(21)16(23)18(19)25;/h12H,2-11,26H2,1H3,(H,27,29);1H. The van der Waals surface area contributed by atoms with Crippen LogP contribution in [-0.2, 0) is 9.59 Å². The molecule has 0 aliphatic carbocycles. The van der Waals surface area contributed by atoms with Crippen LogP contribution in [0.3, 0.4) is 0 Å². The Labute approximate surface area is 219 Å². The van der Waals surface area contributed by atoms with Gasteiger partial charge in [-0.2, -0.15) is 0 Å². The van der Waals surface area contributed by atoms with Crippen LogP contribution < -0.4 is 32.8 Å². The third-order valence-corrected chi connectivity index (χ3v) is 6.68. The van der Waals surface area contributed by atoms with Crippen LogP contribution in [0.5, 0.6) is 5.75 Å². The molecule has 1 atom stereocenters. The average molecular weight is 602 g/mol. The molecule has 5 nitrogen and oxygen atoms in total. The summed E-state index contributed by atoms with van der Waals surface area (Å²) in [6, 6.07) is -0.210. The molecule has 0 heterocycles. The third kappa shape index (κ3) is 11.1. The molecule has 178 valence electrons. The number of rotatable bonds is 13. The van der Waals surface area contributed by atoms with Crippen molar-refractivity contribution < 1.29 is 37.0 Å². The molecule has 1 aromatic rings. The van der Waals surface area contributed by atoms with Crippen LogP contribution in [0.25, 0.3) is 0 Å². The zero-order valence-corrected chi connectivity index (χ0v) is 22.7. The molecule has 0 fully saturated rings. The number of carbonyl (C=O) groups excluding carboxylic acids is 2. The highest BCUT2D eigenvalue weighted by Gasteiger charge is 2.22. The van der Waals surface area contributed by atoms with Crippen LogP contribution >= 0.6 is 58.0 Å². The lowest BCUT2D eigenvalue weighted by molar-refractivity contribution is -0.398. The van der Waals surface area contributed by atoms with Gasteiger partial charge in [-0.05, 0) is 19.8 Å². The predicted octanol–water partition coefficient (Wildman–Crippen LogP) is 3.12. The zero-order valence-electron chi connectivity index (χ0n) is 17.3. The normalized spacial score (nSPS) is 11.6. The molecule has 0 aliphatic rings. The molecule has 4 N–H and O–H groups in total. The fourth-order valence-electron chi connectivity index (χ4n) is 2.68. The summed E-state index contributed by atoms with van der Waals surface area (Å²) in [5, 5.41) is 2.80. The van der Waals surface area contributed by atoms with Gasteiger partial charge in [0.2, 0.25) is 0 Å². The summed E-state index contributed by atoms with van der Waals surface area (Å²) in [6.07, 6.45) is 8.37. The monoisotopic (exact) mass is 598 g/mol. The van der Waals surface area contributed by atoms with E-state index in [1.165, 1.54) is 0 Å². The van der Waals surface area contributed by atoms with Gasteiger partial charge in [0.15, 0.2) is 11.8 Å². The molecule has 0 spiro atoms. The number of carbonyl (C=O) groups is 2. The third-order valence-electron chi connectivity index (χ3n) is 4.44. The Balaban J connectivity index is 0.00000900. The average Bonchev–Trinajstić information content (AvgIpc) is 2.71. The second-order valence-corrected chi connectivity index (χ2v) is 9.03. The van der Waals surface area contributed by atoms with E-state index in [9.17, 15) is 9.59 Å². The molecule has 1 amide bonds.